The summed E-state index contributed by atoms with van der Waals surface area (Å²) in [6.07, 6.45) is 0.763. The molecule has 1 N–H and O–H groups in total. The third-order valence-electron chi connectivity index (χ3n) is 2.88. The van der Waals surface area contributed by atoms with Crippen LogP contribution in [0.15, 0.2) is 34.7 Å². The molecule has 18 heavy (non-hydrogen) atoms. The van der Waals surface area contributed by atoms with Gasteiger partial charge in [0.05, 0.1) is 10.6 Å². The molecule has 0 saturated heterocycles. The van der Waals surface area contributed by atoms with Crippen molar-refractivity contribution in [2.24, 2.45) is 0 Å². The summed E-state index contributed by atoms with van der Waals surface area (Å²) in [5.41, 5.74) is 0.394. The highest BCUT2D eigenvalue weighted by Gasteiger charge is 2.13. The molecule has 2 nitrogen and oxygen atoms in total. The van der Waals surface area contributed by atoms with Crippen molar-refractivity contribution in [2.45, 2.75) is 19.4 Å². The van der Waals surface area contributed by atoms with Crippen molar-refractivity contribution in [2.75, 3.05) is 7.05 Å². The Labute approximate surface area is 111 Å². The molecule has 0 saturated carbocycles. The van der Waals surface area contributed by atoms with Gasteiger partial charge in [-0.25, -0.2) is 4.39 Å². The van der Waals surface area contributed by atoms with Gasteiger partial charge in [-0.3, -0.25) is 0 Å². The summed E-state index contributed by atoms with van der Waals surface area (Å²) >= 11 is 5.75. The first-order valence-electron chi connectivity index (χ1n) is 5.82. The van der Waals surface area contributed by atoms with Gasteiger partial charge in [0, 0.05) is 12.5 Å². The van der Waals surface area contributed by atoms with E-state index in [9.17, 15) is 4.39 Å². The van der Waals surface area contributed by atoms with E-state index in [2.05, 4.69) is 12.2 Å². The minimum Gasteiger partial charge on any atom is -0.461 e. The maximum atomic E-state index is 13.8. The van der Waals surface area contributed by atoms with Gasteiger partial charge in [-0.15, -0.1) is 0 Å². The number of rotatable bonds is 4. The summed E-state index contributed by atoms with van der Waals surface area (Å²) in [5, 5.41) is 3.23. The minimum absolute atomic E-state index is 0.106. The van der Waals surface area contributed by atoms with Crippen molar-refractivity contribution in [3.63, 3.8) is 0 Å². The molecule has 0 aliphatic rings. The Morgan fingerprint density at radius 3 is 2.83 bits per heavy atom. The molecule has 0 spiro atoms. The quantitative estimate of drug-likeness (QED) is 0.909. The molecule has 0 fully saturated rings. The largest absolute Gasteiger partial charge is 0.461 e. The lowest BCUT2D eigenvalue weighted by Crippen LogP contribution is -2.23. The summed E-state index contributed by atoms with van der Waals surface area (Å²) in [6.45, 7) is 2.06. The van der Waals surface area contributed by atoms with Gasteiger partial charge in [-0.1, -0.05) is 17.7 Å². The Morgan fingerprint density at radius 2 is 2.11 bits per heavy atom. The zero-order valence-electron chi connectivity index (χ0n) is 10.3. The average Bonchev–Trinajstić information content (AvgIpc) is 2.80. The Bertz CT molecular complexity index is 538. The summed E-state index contributed by atoms with van der Waals surface area (Å²) in [7, 11) is 1.89. The zero-order chi connectivity index (χ0) is 13.1. The van der Waals surface area contributed by atoms with Crippen LogP contribution in [0.25, 0.3) is 11.3 Å². The summed E-state index contributed by atoms with van der Waals surface area (Å²) < 4.78 is 19.5. The van der Waals surface area contributed by atoms with Crippen molar-refractivity contribution in [1.82, 2.24) is 5.32 Å². The van der Waals surface area contributed by atoms with Crippen molar-refractivity contribution >= 4 is 11.6 Å². The van der Waals surface area contributed by atoms with Crippen molar-refractivity contribution in [3.8, 4) is 11.3 Å². The Morgan fingerprint density at radius 1 is 1.33 bits per heavy atom. The van der Waals surface area contributed by atoms with E-state index < -0.39 is 5.82 Å². The van der Waals surface area contributed by atoms with Crippen LogP contribution in [0.4, 0.5) is 4.39 Å². The third-order valence-corrected chi connectivity index (χ3v) is 3.17. The molecular formula is C14H15ClFNO. The molecule has 0 aliphatic heterocycles. The smallest absolute Gasteiger partial charge is 0.152 e. The molecule has 96 valence electrons. The van der Waals surface area contributed by atoms with Gasteiger partial charge in [0.15, 0.2) is 5.82 Å². The summed E-state index contributed by atoms with van der Waals surface area (Å²) in [6, 6.07) is 8.83. The molecule has 0 radical (unpaired) electrons. The highest BCUT2D eigenvalue weighted by molar-refractivity contribution is 6.31. The van der Waals surface area contributed by atoms with Crippen LogP contribution in [-0.2, 0) is 6.42 Å². The van der Waals surface area contributed by atoms with E-state index in [0.717, 1.165) is 12.2 Å². The van der Waals surface area contributed by atoms with Crippen LogP contribution in [0.2, 0.25) is 5.02 Å². The van der Waals surface area contributed by atoms with Gasteiger partial charge < -0.3 is 9.73 Å². The third kappa shape index (κ3) is 2.74. The zero-order valence-corrected chi connectivity index (χ0v) is 11.1. The average molecular weight is 268 g/mol. The van der Waals surface area contributed by atoms with E-state index in [-0.39, 0.29) is 5.02 Å². The molecule has 4 heteroatoms. The van der Waals surface area contributed by atoms with E-state index >= 15 is 0 Å². The normalized spacial score (nSPS) is 12.7. The molecule has 1 unspecified atom stereocenters. The van der Waals surface area contributed by atoms with Crippen molar-refractivity contribution in [1.29, 1.82) is 0 Å². The van der Waals surface area contributed by atoms with Crippen molar-refractivity contribution < 1.29 is 8.81 Å². The van der Waals surface area contributed by atoms with Crippen LogP contribution in [0.1, 0.15) is 12.7 Å². The molecule has 1 aromatic carbocycles. The first-order chi connectivity index (χ1) is 8.61. The number of halogens is 2. The predicted molar refractivity (Wildman–Crippen MR) is 71.3 cm³/mol. The van der Waals surface area contributed by atoms with Gasteiger partial charge >= 0.3 is 0 Å². The predicted octanol–water partition coefficient (Wildman–Crippen LogP) is 3.89. The number of hydrogen-bond donors (Lipinski definition) is 1. The molecule has 0 aliphatic carbocycles. The maximum Gasteiger partial charge on any atom is 0.152 e. The lowest BCUT2D eigenvalue weighted by molar-refractivity contribution is 0.479. The molecule has 2 aromatic rings. The van der Waals surface area contributed by atoms with Gasteiger partial charge in [0.1, 0.15) is 11.5 Å². The molecule has 0 amide bonds. The topological polar surface area (TPSA) is 25.2 Å². The Hall–Kier alpha value is -1.32. The van der Waals surface area contributed by atoms with E-state index in [4.69, 9.17) is 16.0 Å². The van der Waals surface area contributed by atoms with Gasteiger partial charge in [0.25, 0.3) is 0 Å². The molecule has 0 bridgehead atoms. The summed E-state index contributed by atoms with van der Waals surface area (Å²) in [5.74, 6) is 0.890. The van der Waals surface area contributed by atoms with E-state index in [1.165, 1.54) is 6.07 Å². The summed E-state index contributed by atoms with van der Waals surface area (Å²) in [4.78, 5) is 0. The van der Waals surface area contributed by atoms with E-state index in [1.54, 1.807) is 18.2 Å². The number of likely N-dealkylation sites (N-methyl/N-ethyl adjacent to an activating group) is 1. The number of nitrogens with one attached hydrogen (secondary N) is 1. The molecule has 2 rings (SSSR count). The fourth-order valence-electron chi connectivity index (χ4n) is 1.73. The second kappa shape index (κ2) is 5.55. The van der Waals surface area contributed by atoms with Crippen LogP contribution in [0, 0.1) is 5.82 Å². The van der Waals surface area contributed by atoms with Crippen molar-refractivity contribution in [3.05, 3.63) is 46.9 Å². The second-order valence-electron chi connectivity index (χ2n) is 4.26. The Balaban J connectivity index is 2.27. The van der Waals surface area contributed by atoms with E-state index in [1.807, 2.05) is 13.1 Å². The number of benzene rings is 1. The highest BCUT2D eigenvalue weighted by atomic mass is 35.5. The van der Waals surface area contributed by atoms with E-state index in [0.29, 0.717) is 17.4 Å². The molecular weight excluding hydrogens is 253 g/mol. The first-order valence-corrected chi connectivity index (χ1v) is 6.20. The van der Waals surface area contributed by atoms with Crippen LogP contribution in [0.5, 0.6) is 0 Å². The van der Waals surface area contributed by atoms with Crippen LogP contribution in [0.3, 0.4) is 0 Å². The fourth-order valence-corrected chi connectivity index (χ4v) is 1.90. The minimum atomic E-state index is -0.443. The van der Waals surface area contributed by atoms with Crippen LogP contribution < -0.4 is 5.32 Å². The van der Waals surface area contributed by atoms with Gasteiger partial charge in [-0.05, 0) is 38.2 Å². The SMILES string of the molecule is CNC(C)Cc1ccc(-c2cccc(Cl)c2F)o1. The maximum absolute atomic E-state index is 13.8. The van der Waals surface area contributed by atoms with Gasteiger partial charge in [-0.2, -0.15) is 0 Å². The van der Waals surface area contributed by atoms with Crippen LogP contribution in [-0.4, -0.2) is 13.1 Å². The lowest BCUT2D eigenvalue weighted by atomic mass is 10.1. The number of furan rings is 1. The molecule has 1 atom stereocenters. The lowest BCUT2D eigenvalue weighted by Gasteiger charge is -2.07. The second-order valence-corrected chi connectivity index (χ2v) is 4.67. The highest BCUT2D eigenvalue weighted by Crippen LogP contribution is 2.29. The standard InChI is InChI=1S/C14H15ClFNO/c1-9(17-2)8-10-6-7-13(18-10)11-4-3-5-12(15)14(11)16/h3-7,9,17H,8H2,1-2H3. The first kappa shape index (κ1) is 13.1. The van der Waals surface area contributed by atoms with Gasteiger partial charge in [0.2, 0.25) is 0 Å². The fraction of sp³-hybridized carbons (Fsp3) is 0.286. The van der Waals surface area contributed by atoms with Crippen LogP contribution >= 0.6 is 11.6 Å². The molecule has 1 heterocycles. The molecule has 1 aromatic heterocycles. The number of hydrogen-bond acceptors (Lipinski definition) is 2. The Kier molecular flexibility index (Phi) is 4.04. The monoisotopic (exact) mass is 267 g/mol.